The summed E-state index contributed by atoms with van der Waals surface area (Å²) in [6.07, 6.45) is 3.08. The Morgan fingerprint density at radius 2 is 1.86 bits per heavy atom. The summed E-state index contributed by atoms with van der Waals surface area (Å²) in [4.78, 5) is 12.3. The van der Waals surface area contributed by atoms with Gasteiger partial charge in [0.2, 0.25) is 5.91 Å². The second kappa shape index (κ2) is 8.92. The highest BCUT2D eigenvalue weighted by atomic mass is 35.5. The first-order valence-corrected chi connectivity index (χ1v) is 9.31. The molecule has 29 heavy (non-hydrogen) atoms. The van der Waals surface area contributed by atoms with Gasteiger partial charge >= 0.3 is 0 Å². The molecule has 3 aromatic rings. The normalized spacial score (nSPS) is 12.2. The number of benzene rings is 2. The van der Waals surface area contributed by atoms with Crippen molar-refractivity contribution in [3.8, 4) is 17.2 Å². The Morgan fingerprint density at radius 3 is 2.55 bits per heavy atom. The molecule has 0 radical (unpaired) electrons. The van der Waals surface area contributed by atoms with E-state index in [1.54, 1.807) is 25.3 Å². The number of nitrogens with one attached hydrogen (secondary N) is 1. The molecule has 3 rings (SSSR count). The zero-order chi connectivity index (χ0) is 21.0. The average Bonchev–Trinajstić information content (AvgIpc) is 3.16. The van der Waals surface area contributed by atoms with Crippen LogP contribution in [0.15, 0.2) is 46.9 Å². The van der Waals surface area contributed by atoms with Gasteiger partial charge in [-0.2, -0.15) is 0 Å². The molecule has 1 N–H and O–H groups in total. The lowest BCUT2D eigenvalue weighted by molar-refractivity contribution is -0.117. The molecule has 0 spiro atoms. The fraction of sp³-hybridized carbons (Fsp3) is 0.227. The van der Waals surface area contributed by atoms with E-state index in [0.717, 1.165) is 5.39 Å². The van der Waals surface area contributed by atoms with E-state index in [-0.39, 0.29) is 11.9 Å². The van der Waals surface area contributed by atoms with Crippen molar-refractivity contribution in [1.82, 2.24) is 5.32 Å². The van der Waals surface area contributed by atoms with E-state index < -0.39 is 0 Å². The first-order valence-electron chi connectivity index (χ1n) is 8.93. The van der Waals surface area contributed by atoms with Gasteiger partial charge in [-0.3, -0.25) is 4.79 Å². The van der Waals surface area contributed by atoms with E-state index in [4.69, 9.17) is 30.2 Å². The summed E-state index contributed by atoms with van der Waals surface area (Å²) in [6.45, 7) is 1.85. The first-order chi connectivity index (χ1) is 14.0. The highest BCUT2D eigenvalue weighted by Gasteiger charge is 2.15. The number of para-hydroxylation sites is 1. The molecular weight excluding hydrogens is 394 g/mol. The molecule has 0 bridgehead atoms. The maximum absolute atomic E-state index is 12.3. The molecule has 1 unspecified atom stereocenters. The number of hydrogen-bond acceptors (Lipinski definition) is 5. The number of carbonyl (C=O) groups is 1. The van der Waals surface area contributed by atoms with Crippen LogP contribution in [0.2, 0.25) is 5.02 Å². The van der Waals surface area contributed by atoms with Gasteiger partial charge in [0.25, 0.3) is 0 Å². The van der Waals surface area contributed by atoms with Gasteiger partial charge in [-0.1, -0.05) is 23.7 Å². The van der Waals surface area contributed by atoms with Crippen LogP contribution in [0.4, 0.5) is 0 Å². The summed E-state index contributed by atoms with van der Waals surface area (Å²) >= 11 is 6.19. The highest BCUT2D eigenvalue weighted by Crippen LogP contribution is 2.36. The number of fused-ring (bicyclic) bond motifs is 1. The van der Waals surface area contributed by atoms with E-state index in [9.17, 15) is 4.79 Å². The van der Waals surface area contributed by atoms with Crippen molar-refractivity contribution >= 4 is 34.6 Å². The summed E-state index contributed by atoms with van der Waals surface area (Å²) in [5.41, 5.74) is 1.37. The van der Waals surface area contributed by atoms with Crippen LogP contribution in [0.1, 0.15) is 24.3 Å². The van der Waals surface area contributed by atoms with E-state index in [1.165, 1.54) is 20.3 Å². The van der Waals surface area contributed by atoms with Gasteiger partial charge in [-0.25, -0.2) is 0 Å². The number of halogens is 1. The van der Waals surface area contributed by atoms with Crippen molar-refractivity contribution in [2.45, 2.75) is 13.0 Å². The molecule has 0 aliphatic heterocycles. The second-order valence-electron chi connectivity index (χ2n) is 6.33. The van der Waals surface area contributed by atoms with Crippen LogP contribution >= 0.6 is 11.6 Å². The van der Waals surface area contributed by atoms with Crippen LogP contribution in [0.25, 0.3) is 17.0 Å². The summed E-state index contributed by atoms with van der Waals surface area (Å²) < 4.78 is 21.7. The summed E-state index contributed by atoms with van der Waals surface area (Å²) in [5, 5.41) is 4.19. The molecule has 1 aromatic heterocycles. The van der Waals surface area contributed by atoms with Crippen molar-refractivity contribution in [3.05, 3.63) is 58.8 Å². The Kier molecular flexibility index (Phi) is 6.34. The highest BCUT2D eigenvalue weighted by molar-refractivity contribution is 6.32. The molecule has 0 fully saturated rings. The van der Waals surface area contributed by atoms with Crippen LogP contribution in [-0.2, 0) is 4.79 Å². The Balaban J connectivity index is 1.73. The monoisotopic (exact) mass is 415 g/mol. The lowest BCUT2D eigenvalue weighted by atomic mass is 10.1. The van der Waals surface area contributed by atoms with E-state index in [1.807, 2.05) is 31.2 Å². The predicted molar refractivity (Wildman–Crippen MR) is 113 cm³/mol. The molecule has 152 valence electrons. The largest absolute Gasteiger partial charge is 0.493 e. The summed E-state index contributed by atoms with van der Waals surface area (Å²) in [7, 11) is 4.63. The number of carbonyl (C=O) groups excluding carboxylic acids is 1. The number of hydrogen-bond donors (Lipinski definition) is 1. The summed E-state index contributed by atoms with van der Waals surface area (Å²) in [5.74, 6) is 1.96. The van der Waals surface area contributed by atoms with Gasteiger partial charge in [-0.05, 0) is 42.8 Å². The number of ether oxygens (including phenoxy) is 3. The third-order valence-corrected chi connectivity index (χ3v) is 4.70. The van der Waals surface area contributed by atoms with Crippen LogP contribution in [0.3, 0.4) is 0 Å². The topological polar surface area (TPSA) is 69.9 Å². The SMILES string of the molecule is COc1cc(/C=C/C(=O)NC(C)c2cc3cccc(OC)c3o2)cc(Cl)c1OC. The third-order valence-electron chi connectivity index (χ3n) is 4.42. The zero-order valence-corrected chi connectivity index (χ0v) is 17.4. The molecule has 0 saturated carbocycles. The van der Waals surface area contributed by atoms with Crippen molar-refractivity contribution in [2.24, 2.45) is 0 Å². The van der Waals surface area contributed by atoms with Gasteiger partial charge in [-0.15, -0.1) is 0 Å². The lowest BCUT2D eigenvalue weighted by Crippen LogP contribution is -2.24. The Hall–Kier alpha value is -3.12. The van der Waals surface area contributed by atoms with Crippen molar-refractivity contribution < 1.29 is 23.4 Å². The first kappa shape index (κ1) is 20.6. The molecule has 0 aliphatic carbocycles. The molecular formula is C22H22ClNO5. The predicted octanol–water partition coefficient (Wildman–Crippen LogP) is 5.00. The molecule has 2 aromatic carbocycles. The molecule has 6 nitrogen and oxygen atoms in total. The molecule has 1 amide bonds. The minimum Gasteiger partial charge on any atom is -0.493 e. The fourth-order valence-corrected chi connectivity index (χ4v) is 3.27. The van der Waals surface area contributed by atoms with E-state index in [2.05, 4.69) is 5.32 Å². The Morgan fingerprint density at radius 1 is 1.10 bits per heavy atom. The van der Waals surface area contributed by atoms with Crippen molar-refractivity contribution in [1.29, 1.82) is 0 Å². The van der Waals surface area contributed by atoms with Gasteiger partial charge in [0.1, 0.15) is 5.76 Å². The zero-order valence-electron chi connectivity index (χ0n) is 16.6. The quantitative estimate of drug-likeness (QED) is 0.550. The van der Waals surface area contributed by atoms with Crippen molar-refractivity contribution in [3.63, 3.8) is 0 Å². The van der Waals surface area contributed by atoms with Crippen LogP contribution in [0, 0.1) is 0 Å². The lowest BCUT2D eigenvalue weighted by Gasteiger charge is -2.11. The van der Waals surface area contributed by atoms with Crippen LogP contribution in [0.5, 0.6) is 17.2 Å². The molecule has 7 heteroatoms. The summed E-state index contributed by atoms with van der Waals surface area (Å²) in [6, 6.07) is 10.7. The van der Waals surface area contributed by atoms with E-state index >= 15 is 0 Å². The molecule has 0 aliphatic rings. The fourth-order valence-electron chi connectivity index (χ4n) is 2.97. The third kappa shape index (κ3) is 4.49. The smallest absolute Gasteiger partial charge is 0.244 e. The molecule has 1 heterocycles. The number of methoxy groups -OCH3 is 3. The standard InChI is InChI=1S/C22H22ClNO5/c1-13(18-12-15-6-5-7-17(26-2)21(15)29-18)24-20(25)9-8-14-10-16(23)22(28-4)19(11-14)27-3/h5-13H,1-4H3,(H,24,25)/b9-8+. The van der Waals surface area contributed by atoms with Crippen LogP contribution < -0.4 is 19.5 Å². The van der Waals surface area contributed by atoms with Gasteiger partial charge in [0.15, 0.2) is 22.8 Å². The average molecular weight is 416 g/mol. The Bertz CT molecular complexity index is 1060. The minimum absolute atomic E-state index is 0.268. The van der Waals surface area contributed by atoms with Gasteiger partial charge in [0, 0.05) is 11.5 Å². The number of rotatable bonds is 7. The second-order valence-corrected chi connectivity index (χ2v) is 6.74. The number of furan rings is 1. The maximum Gasteiger partial charge on any atom is 0.244 e. The number of amides is 1. The minimum atomic E-state index is -0.321. The van der Waals surface area contributed by atoms with E-state index in [0.29, 0.717) is 39.2 Å². The van der Waals surface area contributed by atoms with Gasteiger partial charge in [0.05, 0.1) is 32.4 Å². The molecule has 1 atom stereocenters. The Labute approximate surface area is 174 Å². The maximum atomic E-state index is 12.3. The molecule has 0 saturated heterocycles. The van der Waals surface area contributed by atoms with Crippen LogP contribution in [-0.4, -0.2) is 27.2 Å². The van der Waals surface area contributed by atoms with Gasteiger partial charge < -0.3 is 23.9 Å². The van der Waals surface area contributed by atoms with Crippen molar-refractivity contribution in [2.75, 3.05) is 21.3 Å².